The highest BCUT2D eigenvalue weighted by Crippen LogP contribution is 2.38. The Kier molecular flexibility index (Phi) is 67.9. The van der Waals surface area contributed by atoms with Crippen LogP contribution in [0.15, 0.2) is 97.2 Å². The zero-order valence-electron chi connectivity index (χ0n) is 59.6. The van der Waals surface area contributed by atoms with Gasteiger partial charge in [-0.1, -0.05) is 336 Å². The van der Waals surface area contributed by atoms with E-state index in [0.717, 1.165) is 89.9 Å². The van der Waals surface area contributed by atoms with Gasteiger partial charge in [0.1, 0.15) is 19.8 Å². The van der Waals surface area contributed by atoms with Crippen molar-refractivity contribution in [2.45, 2.75) is 354 Å². The Hall–Kier alpha value is -3.07. The first-order valence-electron chi connectivity index (χ1n) is 37.9. The van der Waals surface area contributed by atoms with Crippen LogP contribution in [0.4, 0.5) is 0 Å². The van der Waals surface area contributed by atoms with Gasteiger partial charge < -0.3 is 27.9 Å². The van der Waals surface area contributed by atoms with Crippen LogP contribution >= 0.6 is 7.82 Å². The number of esters is 2. The second-order valence-electron chi connectivity index (χ2n) is 26.6. The molecule has 0 aromatic heterocycles. The van der Waals surface area contributed by atoms with Crippen molar-refractivity contribution in [2.75, 3.05) is 47.5 Å². The number of ether oxygens (including phenoxy) is 2. The fraction of sp³-hybridized carbons (Fsp3) is 0.775. The summed E-state index contributed by atoms with van der Waals surface area (Å²) in [5, 5.41) is 0. The van der Waals surface area contributed by atoms with E-state index in [4.69, 9.17) is 18.5 Å². The molecule has 2 atom stereocenters. The zero-order valence-corrected chi connectivity index (χ0v) is 60.5. The lowest BCUT2D eigenvalue weighted by atomic mass is 10.0. The Morgan fingerprint density at radius 2 is 0.633 bits per heavy atom. The SMILES string of the molecule is CC/C=C\C/C=C\C/C=C\C/C=C\C/C=C\C/C=C\C/C=C\CCCCCCCCCCCC(=O)OC(COC(=O)CCCCCCCCCCCCCCCCCCCCCCCCC/C=C\CCCCCCCCCC)COP(=O)([O-])OCC[N+](C)(C)C. The van der Waals surface area contributed by atoms with E-state index in [1.54, 1.807) is 0 Å². The smallest absolute Gasteiger partial charge is 0.306 e. The van der Waals surface area contributed by atoms with Gasteiger partial charge in [-0.2, -0.15) is 0 Å². The quantitative estimate of drug-likeness (QED) is 0.0195. The number of likely N-dealkylation sites (N-methyl/N-ethyl adjacent to an activating group) is 1. The van der Waals surface area contributed by atoms with E-state index in [-0.39, 0.29) is 32.0 Å². The Morgan fingerprint density at radius 1 is 0.356 bits per heavy atom. The van der Waals surface area contributed by atoms with Gasteiger partial charge in [-0.15, -0.1) is 0 Å². The predicted molar refractivity (Wildman–Crippen MR) is 388 cm³/mol. The summed E-state index contributed by atoms with van der Waals surface area (Å²) in [5.41, 5.74) is 0. The molecule has 0 fully saturated rings. The predicted octanol–water partition coefficient (Wildman–Crippen LogP) is 24.4. The third kappa shape index (κ3) is 74.0. The van der Waals surface area contributed by atoms with Crippen LogP contribution < -0.4 is 4.89 Å². The van der Waals surface area contributed by atoms with Gasteiger partial charge in [0.2, 0.25) is 0 Å². The van der Waals surface area contributed by atoms with Crippen LogP contribution in [0.5, 0.6) is 0 Å². The van der Waals surface area contributed by atoms with Crippen molar-refractivity contribution in [2.24, 2.45) is 0 Å². The molecule has 0 aliphatic rings. The van der Waals surface area contributed by atoms with E-state index in [1.807, 2.05) is 21.1 Å². The maximum absolute atomic E-state index is 12.9. The molecule has 522 valence electrons. The molecular weight excluding hydrogens is 1130 g/mol. The van der Waals surface area contributed by atoms with Crippen LogP contribution in [-0.2, 0) is 32.7 Å². The topological polar surface area (TPSA) is 111 Å². The minimum absolute atomic E-state index is 0.0346. The van der Waals surface area contributed by atoms with E-state index in [1.165, 1.54) is 225 Å². The number of hydrogen-bond acceptors (Lipinski definition) is 8. The highest BCUT2D eigenvalue weighted by Gasteiger charge is 2.22. The lowest BCUT2D eigenvalue weighted by molar-refractivity contribution is -0.870. The second-order valence-corrected chi connectivity index (χ2v) is 28.0. The van der Waals surface area contributed by atoms with Crippen LogP contribution in [0.25, 0.3) is 0 Å². The van der Waals surface area contributed by atoms with Crippen LogP contribution in [0.3, 0.4) is 0 Å². The third-order valence-corrected chi connectivity index (χ3v) is 17.6. The van der Waals surface area contributed by atoms with E-state index in [9.17, 15) is 19.0 Å². The molecule has 0 spiro atoms. The number of phosphoric acid groups is 1. The standard InChI is InChI=1S/C80H144NO8P/c1-6-8-10-12-14-16-18-20-22-24-26-28-30-32-34-36-38-39-40-41-43-44-46-48-50-52-54-56-58-60-62-64-66-68-70-72-79(82)86-76-78(77-88-90(84,85)87-75-74-81(3,4)5)89-80(83)73-71-69-67-65-63-61-59-57-55-53-51-49-47-45-42-37-35-33-31-29-27-25-23-21-19-17-15-13-11-9-7-2/h9,11,15,17,21,23-24,26-27,29,33,35,42,45,49,51,78H,6-8,10,12-14,16,18-20,22,25,28,30-32,34,36-41,43-44,46-48,50,52-77H2,1-5H3/b11-9-,17-15-,23-21-,26-24-,29-27-,35-33-,45-42-,51-49-. The number of carbonyl (C=O) groups is 2. The van der Waals surface area contributed by atoms with Crippen LogP contribution in [0.2, 0.25) is 0 Å². The molecule has 9 nitrogen and oxygen atoms in total. The van der Waals surface area contributed by atoms with Crippen molar-refractivity contribution in [3.8, 4) is 0 Å². The summed E-state index contributed by atoms with van der Waals surface area (Å²) >= 11 is 0. The number of nitrogens with zero attached hydrogens (tertiary/aromatic N) is 1. The number of hydrogen-bond donors (Lipinski definition) is 0. The molecule has 10 heteroatoms. The number of allylic oxidation sites excluding steroid dienone is 16. The maximum atomic E-state index is 12.9. The molecule has 0 amide bonds. The van der Waals surface area contributed by atoms with Gasteiger partial charge in [0.05, 0.1) is 27.7 Å². The maximum Gasteiger partial charge on any atom is 0.306 e. The highest BCUT2D eigenvalue weighted by molar-refractivity contribution is 7.45. The zero-order chi connectivity index (χ0) is 65.5. The van der Waals surface area contributed by atoms with Gasteiger partial charge in [0, 0.05) is 12.8 Å². The average molecular weight is 1280 g/mol. The highest BCUT2D eigenvalue weighted by atomic mass is 31.2. The molecule has 0 aliphatic heterocycles. The van der Waals surface area contributed by atoms with Crippen molar-refractivity contribution in [3.05, 3.63) is 97.2 Å². The first-order valence-corrected chi connectivity index (χ1v) is 39.4. The minimum atomic E-state index is -4.65. The van der Waals surface area contributed by atoms with Gasteiger partial charge in [0.15, 0.2) is 6.10 Å². The second kappa shape index (κ2) is 70.3. The molecule has 0 heterocycles. The summed E-state index contributed by atoms with van der Waals surface area (Å²) in [5.74, 6) is -0.831. The summed E-state index contributed by atoms with van der Waals surface area (Å²) < 4.78 is 34.4. The summed E-state index contributed by atoms with van der Waals surface area (Å²) in [6.45, 7) is 4.16. The molecule has 0 saturated carbocycles. The van der Waals surface area contributed by atoms with Crippen molar-refractivity contribution in [1.29, 1.82) is 0 Å². The first-order chi connectivity index (χ1) is 44.0. The summed E-state index contributed by atoms with van der Waals surface area (Å²) in [4.78, 5) is 38.1. The molecule has 0 aromatic carbocycles. The van der Waals surface area contributed by atoms with E-state index < -0.39 is 26.5 Å². The van der Waals surface area contributed by atoms with E-state index >= 15 is 0 Å². The minimum Gasteiger partial charge on any atom is -0.756 e. The number of unbranched alkanes of at least 4 members (excludes halogenated alkanes) is 40. The molecule has 0 radical (unpaired) electrons. The number of quaternary nitrogens is 1. The van der Waals surface area contributed by atoms with Crippen molar-refractivity contribution in [1.82, 2.24) is 0 Å². The van der Waals surface area contributed by atoms with Crippen LogP contribution in [-0.4, -0.2) is 70.0 Å². The molecule has 2 unspecified atom stereocenters. The Balaban J connectivity index is 4.00. The molecule has 0 saturated heterocycles. The molecule has 0 bridgehead atoms. The van der Waals surface area contributed by atoms with Gasteiger partial charge in [-0.05, 0) is 96.3 Å². The Morgan fingerprint density at radius 3 is 0.956 bits per heavy atom. The lowest BCUT2D eigenvalue weighted by Gasteiger charge is -2.28. The van der Waals surface area contributed by atoms with Crippen molar-refractivity contribution >= 4 is 19.8 Å². The Bertz CT molecular complexity index is 1840. The lowest BCUT2D eigenvalue weighted by Crippen LogP contribution is -2.37. The van der Waals surface area contributed by atoms with E-state index in [0.29, 0.717) is 17.4 Å². The third-order valence-electron chi connectivity index (χ3n) is 16.6. The average Bonchev–Trinajstić information content (AvgIpc) is 3.58. The number of rotatable bonds is 70. The molecule has 0 N–H and O–H groups in total. The van der Waals surface area contributed by atoms with Gasteiger partial charge in [-0.25, -0.2) is 0 Å². The van der Waals surface area contributed by atoms with Crippen LogP contribution in [0.1, 0.15) is 348 Å². The van der Waals surface area contributed by atoms with Gasteiger partial charge in [0.25, 0.3) is 7.82 Å². The summed E-state index contributed by atoms with van der Waals surface area (Å²) in [6, 6.07) is 0. The number of phosphoric ester groups is 1. The summed E-state index contributed by atoms with van der Waals surface area (Å²) in [6.07, 6.45) is 98.0. The first kappa shape index (κ1) is 86.9. The molecular formula is C80H144NO8P. The van der Waals surface area contributed by atoms with E-state index in [2.05, 4.69) is 111 Å². The monoisotopic (exact) mass is 1280 g/mol. The number of carbonyl (C=O) groups excluding carboxylic acids is 2. The van der Waals surface area contributed by atoms with Gasteiger partial charge in [-0.3, -0.25) is 14.2 Å². The largest absolute Gasteiger partial charge is 0.756 e. The molecule has 90 heavy (non-hydrogen) atoms. The fourth-order valence-electron chi connectivity index (χ4n) is 10.8. The normalized spacial score (nSPS) is 13.6. The molecule has 0 aliphatic carbocycles. The fourth-order valence-corrected chi connectivity index (χ4v) is 11.5. The van der Waals surface area contributed by atoms with Crippen LogP contribution in [0, 0.1) is 0 Å². The summed E-state index contributed by atoms with van der Waals surface area (Å²) in [7, 11) is 1.16. The van der Waals surface area contributed by atoms with Crippen molar-refractivity contribution < 1.29 is 42.1 Å². The molecule has 0 aromatic rings. The van der Waals surface area contributed by atoms with Gasteiger partial charge >= 0.3 is 11.9 Å². The Labute approximate surface area is 557 Å². The van der Waals surface area contributed by atoms with Crippen molar-refractivity contribution in [3.63, 3.8) is 0 Å². The molecule has 0 rings (SSSR count).